The number of amides is 1. The molecule has 2 rings (SSSR count). The first kappa shape index (κ1) is 13.1. The van der Waals surface area contributed by atoms with Gasteiger partial charge in [0.2, 0.25) is 5.91 Å². The van der Waals surface area contributed by atoms with Gasteiger partial charge >= 0.3 is 0 Å². The topological polar surface area (TPSA) is 40.5 Å². The number of aliphatic hydroxyl groups is 1. The summed E-state index contributed by atoms with van der Waals surface area (Å²) < 4.78 is 0. The minimum Gasteiger partial charge on any atom is -0.393 e. The molecule has 1 saturated heterocycles. The highest BCUT2D eigenvalue weighted by Gasteiger charge is 2.28. The Bertz CT molecular complexity index is 454. The number of anilines is 1. The number of aliphatic hydroxyl groups excluding tert-OH is 1. The molecule has 1 unspecified atom stereocenters. The van der Waals surface area contributed by atoms with Crippen molar-refractivity contribution >= 4 is 11.6 Å². The molecule has 1 aliphatic heterocycles. The molecule has 98 valence electrons. The Morgan fingerprint density at radius 1 is 1.39 bits per heavy atom. The van der Waals surface area contributed by atoms with Gasteiger partial charge in [-0.05, 0) is 30.4 Å². The molecule has 3 nitrogen and oxygen atoms in total. The lowest BCUT2D eigenvalue weighted by atomic mass is 9.95. The Balaban J connectivity index is 2.41. The molecular weight excluding hydrogens is 226 g/mol. The van der Waals surface area contributed by atoms with E-state index in [1.165, 1.54) is 5.56 Å². The van der Waals surface area contributed by atoms with Gasteiger partial charge in [-0.25, -0.2) is 0 Å². The maximum Gasteiger partial charge on any atom is 0.229 e. The van der Waals surface area contributed by atoms with Crippen LogP contribution in [0.1, 0.15) is 43.7 Å². The van der Waals surface area contributed by atoms with E-state index in [1.54, 1.807) is 0 Å². The minimum absolute atomic E-state index is 0.0324. The molecular formula is C15H21NO2. The first-order valence-electron chi connectivity index (χ1n) is 6.58. The molecule has 1 atom stereocenters. The highest BCUT2D eigenvalue weighted by atomic mass is 16.3. The highest BCUT2D eigenvalue weighted by molar-refractivity contribution is 5.96. The maximum absolute atomic E-state index is 12.1. The van der Waals surface area contributed by atoms with Crippen molar-refractivity contribution in [2.45, 2.75) is 45.6 Å². The third-order valence-electron chi connectivity index (χ3n) is 3.56. The van der Waals surface area contributed by atoms with E-state index in [0.29, 0.717) is 18.9 Å². The van der Waals surface area contributed by atoms with Crippen LogP contribution in [0.3, 0.4) is 0 Å². The number of piperidine rings is 1. The van der Waals surface area contributed by atoms with Crippen molar-refractivity contribution < 1.29 is 9.90 Å². The second-order valence-electron chi connectivity index (χ2n) is 5.36. The average molecular weight is 247 g/mol. The number of carbonyl (C=O) groups is 1. The van der Waals surface area contributed by atoms with Crippen LogP contribution in [0.5, 0.6) is 0 Å². The summed E-state index contributed by atoms with van der Waals surface area (Å²) in [4.78, 5) is 13.9. The third kappa shape index (κ3) is 2.41. The monoisotopic (exact) mass is 247 g/mol. The molecule has 1 amide bonds. The second kappa shape index (κ2) is 5.11. The third-order valence-corrected chi connectivity index (χ3v) is 3.56. The molecule has 1 aromatic carbocycles. The van der Waals surface area contributed by atoms with Crippen LogP contribution < -0.4 is 4.90 Å². The van der Waals surface area contributed by atoms with Gasteiger partial charge in [-0.3, -0.25) is 4.79 Å². The van der Waals surface area contributed by atoms with E-state index in [0.717, 1.165) is 11.3 Å². The van der Waals surface area contributed by atoms with Crippen molar-refractivity contribution in [3.63, 3.8) is 0 Å². The molecule has 1 aliphatic rings. The van der Waals surface area contributed by atoms with Crippen LogP contribution in [0, 0.1) is 6.92 Å². The lowest BCUT2D eigenvalue weighted by molar-refractivity contribution is -0.122. The summed E-state index contributed by atoms with van der Waals surface area (Å²) in [6.45, 7) is 6.94. The van der Waals surface area contributed by atoms with Crippen molar-refractivity contribution in [1.82, 2.24) is 0 Å². The SMILES string of the molecule is Cc1cccc(C(C)C)c1N1CCC(O)CC1=O. The normalized spacial score (nSPS) is 20.6. The smallest absolute Gasteiger partial charge is 0.229 e. The van der Waals surface area contributed by atoms with E-state index in [9.17, 15) is 9.90 Å². The Kier molecular flexibility index (Phi) is 3.71. The summed E-state index contributed by atoms with van der Waals surface area (Å²) in [5, 5.41) is 9.54. The lowest BCUT2D eigenvalue weighted by Gasteiger charge is -2.33. The largest absolute Gasteiger partial charge is 0.393 e. The molecule has 0 radical (unpaired) electrons. The Labute approximate surface area is 108 Å². The number of hydrogen-bond acceptors (Lipinski definition) is 2. The number of rotatable bonds is 2. The minimum atomic E-state index is -0.472. The highest BCUT2D eigenvalue weighted by Crippen LogP contribution is 2.33. The van der Waals surface area contributed by atoms with Gasteiger partial charge in [0.05, 0.1) is 12.5 Å². The summed E-state index contributed by atoms with van der Waals surface area (Å²) in [6, 6.07) is 6.17. The zero-order chi connectivity index (χ0) is 13.3. The van der Waals surface area contributed by atoms with Crippen LogP contribution in [0.2, 0.25) is 0 Å². The molecule has 0 saturated carbocycles. The zero-order valence-electron chi connectivity index (χ0n) is 11.3. The maximum atomic E-state index is 12.1. The van der Waals surface area contributed by atoms with E-state index in [4.69, 9.17) is 0 Å². The van der Waals surface area contributed by atoms with Gasteiger partial charge in [0.15, 0.2) is 0 Å². The van der Waals surface area contributed by atoms with Crippen LogP contribution >= 0.6 is 0 Å². The zero-order valence-corrected chi connectivity index (χ0v) is 11.3. The molecule has 0 spiro atoms. The average Bonchev–Trinajstić information content (AvgIpc) is 2.29. The summed E-state index contributed by atoms with van der Waals surface area (Å²) >= 11 is 0. The fourth-order valence-corrected chi connectivity index (χ4v) is 2.57. The molecule has 3 heteroatoms. The lowest BCUT2D eigenvalue weighted by Crippen LogP contribution is -2.41. The molecule has 0 aromatic heterocycles. The van der Waals surface area contributed by atoms with E-state index >= 15 is 0 Å². The Hall–Kier alpha value is -1.35. The molecule has 1 N–H and O–H groups in total. The number of hydrogen-bond donors (Lipinski definition) is 1. The molecule has 1 heterocycles. The fraction of sp³-hybridized carbons (Fsp3) is 0.533. The van der Waals surface area contributed by atoms with E-state index in [-0.39, 0.29) is 12.3 Å². The van der Waals surface area contributed by atoms with E-state index < -0.39 is 6.10 Å². The van der Waals surface area contributed by atoms with Gasteiger partial charge in [-0.1, -0.05) is 32.0 Å². The Morgan fingerprint density at radius 2 is 2.11 bits per heavy atom. The van der Waals surface area contributed by atoms with Gasteiger partial charge in [-0.15, -0.1) is 0 Å². The molecule has 0 aliphatic carbocycles. The number of aryl methyl sites for hydroxylation is 1. The standard InChI is InChI=1S/C15H21NO2/c1-10(2)13-6-4-5-11(3)15(13)16-8-7-12(17)9-14(16)18/h4-6,10,12,17H,7-9H2,1-3H3. The molecule has 0 bridgehead atoms. The number of para-hydroxylation sites is 1. The quantitative estimate of drug-likeness (QED) is 0.872. The summed E-state index contributed by atoms with van der Waals surface area (Å²) in [5.74, 6) is 0.421. The number of carbonyl (C=O) groups excluding carboxylic acids is 1. The number of nitrogens with zero attached hydrogens (tertiary/aromatic N) is 1. The van der Waals surface area contributed by atoms with Gasteiger partial charge in [0, 0.05) is 12.2 Å². The van der Waals surface area contributed by atoms with Crippen molar-refractivity contribution in [2.24, 2.45) is 0 Å². The van der Waals surface area contributed by atoms with Crippen LogP contribution in [-0.2, 0) is 4.79 Å². The molecule has 1 aromatic rings. The summed E-state index contributed by atoms with van der Waals surface area (Å²) in [5.41, 5.74) is 3.38. The van der Waals surface area contributed by atoms with Gasteiger partial charge < -0.3 is 10.0 Å². The molecule has 1 fully saturated rings. The summed E-state index contributed by atoms with van der Waals surface area (Å²) in [6.07, 6.45) is 0.434. The van der Waals surface area contributed by atoms with Gasteiger partial charge in [-0.2, -0.15) is 0 Å². The van der Waals surface area contributed by atoms with Crippen LogP contribution in [0.4, 0.5) is 5.69 Å². The van der Waals surface area contributed by atoms with Crippen molar-refractivity contribution in [3.8, 4) is 0 Å². The van der Waals surface area contributed by atoms with Crippen LogP contribution in [0.15, 0.2) is 18.2 Å². The predicted molar refractivity (Wildman–Crippen MR) is 72.9 cm³/mol. The van der Waals surface area contributed by atoms with Crippen LogP contribution in [0.25, 0.3) is 0 Å². The van der Waals surface area contributed by atoms with E-state index in [1.807, 2.05) is 24.0 Å². The Morgan fingerprint density at radius 3 is 2.72 bits per heavy atom. The first-order valence-corrected chi connectivity index (χ1v) is 6.58. The fourth-order valence-electron chi connectivity index (χ4n) is 2.57. The predicted octanol–water partition coefficient (Wildman–Crippen LogP) is 2.61. The molecule has 18 heavy (non-hydrogen) atoms. The van der Waals surface area contributed by atoms with Crippen molar-refractivity contribution in [1.29, 1.82) is 0 Å². The first-order chi connectivity index (χ1) is 8.50. The van der Waals surface area contributed by atoms with Crippen molar-refractivity contribution in [3.05, 3.63) is 29.3 Å². The van der Waals surface area contributed by atoms with Crippen LogP contribution in [-0.4, -0.2) is 23.7 Å². The van der Waals surface area contributed by atoms with Crippen molar-refractivity contribution in [2.75, 3.05) is 11.4 Å². The summed E-state index contributed by atoms with van der Waals surface area (Å²) in [7, 11) is 0. The van der Waals surface area contributed by atoms with E-state index in [2.05, 4.69) is 19.9 Å². The number of benzene rings is 1. The van der Waals surface area contributed by atoms with Gasteiger partial charge in [0.25, 0.3) is 0 Å². The van der Waals surface area contributed by atoms with Gasteiger partial charge in [0.1, 0.15) is 0 Å². The second-order valence-corrected chi connectivity index (χ2v) is 5.36.